The Bertz CT molecular complexity index is 1790. The number of amides is 5. The number of primary amides is 1. The predicted molar refractivity (Wildman–Crippen MR) is 172 cm³/mol. The molecule has 0 radical (unpaired) electrons. The van der Waals surface area contributed by atoms with Gasteiger partial charge in [-0.05, 0) is 84.4 Å². The van der Waals surface area contributed by atoms with Crippen LogP contribution in [0.2, 0.25) is 0 Å². The lowest BCUT2D eigenvalue weighted by Gasteiger charge is -2.15. The van der Waals surface area contributed by atoms with Gasteiger partial charge in [0.25, 0.3) is 11.8 Å². The summed E-state index contributed by atoms with van der Waals surface area (Å²) in [5, 5.41) is 4.86. The molecule has 0 bridgehead atoms. The number of carbonyl (C=O) groups excluding carboxylic acids is 5. The van der Waals surface area contributed by atoms with Gasteiger partial charge < -0.3 is 21.1 Å². The molecule has 226 valence electrons. The van der Waals surface area contributed by atoms with Gasteiger partial charge in [-0.15, -0.1) is 11.8 Å². The molecule has 1 saturated heterocycles. The van der Waals surface area contributed by atoms with E-state index in [0.717, 1.165) is 9.80 Å². The quantitative estimate of drug-likeness (QED) is 0.173. The molecule has 10 nitrogen and oxygen atoms in total. The van der Waals surface area contributed by atoms with Crippen LogP contribution in [0.15, 0.2) is 114 Å². The van der Waals surface area contributed by atoms with Gasteiger partial charge >= 0.3 is 0 Å². The van der Waals surface area contributed by atoms with Gasteiger partial charge in [-0.1, -0.05) is 30.3 Å². The molecule has 11 heteroatoms. The summed E-state index contributed by atoms with van der Waals surface area (Å²) in [6, 6.07) is 28.4. The van der Waals surface area contributed by atoms with Crippen LogP contribution in [0.1, 0.15) is 32.7 Å². The van der Waals surface area contributed by atoms with Crippen LogP contribution in [0.4, 0.5) is 11.4 Å². The molecule has 4 N–H and O–H groups in total. The maximum Gasteiger partial charge on any atom is 0.272 e. The van der Waals surface area contributed by atoms with Crippen molar-refractivity contribution in [1.82, 2.24) is 5.32 Å². The van der Waals surface area contributed by atoms with Gasteiger partial charge in [-0.2, -0.15) is 0 Å². The number of hydrogen-bond donors (Lipinski definition) is 3. The largest absolute Gasteiger partial charge is 0.497 e. The van der Waals surface area contributed by atoms with Crippen LogP contribution in [-0.4, -0.2) is 41.9 Å². The number of nitrogens with zero attached hydrogens (tertiary/aromatic N) is 1. The van der Waals surface area contributed by atoms with E-state index in [0.29, 0.717) is 28.3 Å². The first-order valence-corrected chi connectivity index (χ1v) is 14.7. The number of rotatable bonds is 10. The first-order chi connectivity index (χ1) is 21.7. The molecule has 0 spiro atoms. The maximum atomic E-state index is 13.4. The lowest BCUT2D eigenvalue weighted by molar-refractivity contribution is -0.121. The molecule has 5 amide bonds. The third-order valence-corrected chi connectivity index (χ3v) is 8.04. The Hall–Kier alpha value is -5.68. The Morgan fingerprint density at radius 3 is 2.27 bits per heavy atom. The average molecular weight is 621 g/mol. The average Bonchev–Trinajstić information content (AvgIpc) is 3.33. The topological polar surface area (TPSA) is 148 Å². The fraction of sp³-hybridized carbons (Fsp3) is 0.0882. The van der Waals surface area contributed by atoms with Gasteiger partial charge in [-0.25, -0.2) is 4.90 Å². The zero-order valence-corrected chi connectivity index (χ0v) is 24.9. The van der Waals surface area contributed by atoms with E-state index in [1.54, 1.807) is 84.9 Å². The second-order valence-corrected chi connectivity index (χ2v) is 11.2. The highest BCUT2D eigenvalue weighted by Crippen LogP contribution is 2.34. The highest BCUT2D eigenvalue weighted by Gasteiger charge is 2.40. The molecular formula is C34H28N4O6S. The molecular weight excluding hydrogens is 592 g/mol. The Morgan fingerprint density at radius 2 is 1.60 bits per heavy atom. The lowest BCUT2D eigenvalue weighted by atomic mass is 10.1. The predicted octanol–water partition coefficient (Wildman–Crippen LogP) is 4.63. The number of carbonyl (C=O) groups is 5. The summed E-state index contributed by atoms with van der Waals surface area (Å²) in [7, 11) is 1.54. The number of hydrogen-bond acceptors (Lipinski definition) is 7. The molecule has 5 rings (SSSR count). The smallest absolute Gasteiger partial charge is 0.272 e. The molecule has 45 heavy (non-hydrogen) atoms. The van der Waals surface area contributed by atoms with E-state index in [9.17, 15) is 24.0 Å². The second-order valence-electron chi connectivity index (χ2n) is 9.92. The van der Waals surface area contributed by atoms with Crippen molar-refractivity contribution < 1.29 is 28.7 Å². The van der Waals surface area contributed by atoms with Gasteiger partial charge in [0.05, 0.1) is 18.0 Å². The minimum atomic E-state index is -0.639. The van der Waals surface area contributed by atoms with Crippen molar-refractivity contribution in [3.63, 3.8) is 0 Å². The molecule has 0 saturated carbocycles. The van der Waals surface area contributed by atoms with Crippen LogP contribution in [0.3, 0.4) is 0 Å². The second kappa shape index (κ2) is 13.7. The normalized spacial score (nSPS) is 14.6. The van der Waals surface area contributed by atoms with Crippen LogP contribution >= 0.6 is 11.8 Å². The minimum absolute atomic E-state index is 0.0130. The first kappa shape index (κ1) is 30.8. The Labute approximate surface area is 263 Å². The standard InChI is InChI=1S/C34H28N4O6S/c1-44-26-9-5-6-21(18-26)19-28(37-32(41)23-7-3-2-4-8-23)33(42)36-24-12-16-27(17-13-24)45-29-20-30(39)38(34(29)43)25-14-10-22(11-15-25)31(35)40/h2-19,29H,20H2,1H3,(H2,35,40)(H,36,42)(H,37,41)/b28-19-. The summed E-state index contributed by atoms with van der Waals surface area (Å²) in [6.07, 6.45) is 1.57. The third kappa shape index (κ3) is 7.46. The van der Waals surface area contributed by atoms with Crippen LogP contribution < -0.4 is 26.0 Å². The van der Waals surface area contributed by atoms with Gasteiger partial charge in [0.1, 0.15) is 11.4 Å². The summed E-state index contributed by atoms with van der Waals surface area (Å²) >= 11 is 1.24. The molecule has 1 aliphatic rings. The Morgan fingerprint density at radius 1 is 0.889 bits per heavy atom. The fourth-order valence-electron chi connectivity index (χ4n) is 4.56. The number of thioether (sulfide) groups is 1. The molecule has 4 aromatic carbocycles. The maximum absolute atomic E-state index is 13.4. The molecule has 1 unspecified atom stereocenters. The molecule has 1 heterocycles. The zero-order chi connectivity index (χ0) is 31.9. The number of nitrogens with two attached hydrogens (primary N) is 1. The van der Waals surface area contributed by atoms with Crippen LogP contribution in [0, 0.1) is 0 Å². The van der Waals surface area contributed by atoms with Crippen molar-refractivity contribution in [1.29, 1.82) is 0 Å². The van der Waals surface area contributed by atoms with Crippen molar-refractivity contribution in [3.05, 3.63) is 126 Å². The van der Waals surface area contributed by atoms with Gasteiger partial charge in [0.2, 0.25) is 17.7 Å². The molecule has 1 fully saturated rings. The number of nitrogens with one attached hydrogen (secondary N) is 2. The number of benzene rings is 4. The molecule has 1 atom stereocenters. The highest BCUT2D eigenvalue weighted by atomic mass is 32.2. The van der Waals surface area contributed by atoms with Crippen LogP contribution in [0.25, 0.3) is 6.08 Å². The molecule has 4 aromatic rings. The van der Waals surface area contributed by atoms with E-state index in [1.807, 2.05) is 0 Å². The number of imide groups is 1. The van der Waals surface area contributed by atoms with E-state index in [2.05, 4.69) is 10.6 Å². The fourth-order valence-corrected chi connectivity index (χ4v) is 5.62. The van der Waals surface area contributed by atoms with Gasteiger partial charge in [0, 0.05) is 28.1 Å². The Balaban J connectivity index is 1.28. The summed E-state index contributed by atoms with van der Waals surface area (Å²) < 4.78 is 5.28. The van der Waals surface area contributed by atoms with Crippen molar-refractivity contribution in [2.24, 2.45) is 5.73 Å². The summed E-state index contributed by atoms with van der Waals surface area (Å²) in [6.45, 7) is 0. The summed E-state index contributed by atoms with van der Waals surface area (Å²) in [5.41, 5.74) is 7.44. The van der Waals surface area contributed by atoms with Crippen molar-refractivity contribution in [2.45, 2.75) is 16.6 Å². The summed E-state index contributed by atoms with van der Waals surface area (Å²) in [4.78, 5) is 65.2. The van der Waals surface area contributed by atoms with E-state index < -0.39 is 23.0 Å². The van der Waals surface area contributed by atoms with Crippen molar-refractivity contribution in [2.75, 3.05) is 17.3 Å². The molecule has 0 aromatic heterocycles. The highest BCUT2D eigenvalue weighted by molar-refractivity contribution is 8.00. The van der Waals surface area contributed by atoms with Crippen LogP contribution in [-0.2, 0) is 14.4 Å². The van der Waals surface area contributed by atoms with Gasteiger partial charge in [-0.3, -0.25) is 24.0 Å². The van der Waals surface area contributed by atoms with Crippen molar-refractivity contribution in [3.8, 4) is 5.75 Å². The minimum Gasteiger partial charge on any atom is -0.497 e. The van der Waals surface area contributed by atoms with E-state index in [4.69, 9.17) is 10.5 Å². The van der Waals surface area contributed by atoms with Crippen LogP contribution in [0.5, 0.6) is 5.75 Å². The molecule has 1 aliphatic heterocycles. The lowest BCUT2D eigenvalue weighted by Crippen LogP contribution is -2.31. The number of methoxy groups -OCH3 is 1. The monoisotopic (exact) mass is 620 g/mol. The van der Waals surface area contributed by atoms with E-state index in [1.165, 1.54) is 43.1 Å². The Kier molecular flexibility index (Phi) is 9.40. The summed E-state index contributed by atoms with van der Waals surface area (Å²) in [5.74, 6) is -1.71. The SMILES string of the molecule is COc1cccc(/C=C(\NC(=O)c2ccccc2)C(=O)Nc2ccc(SC3CC(=O)N(c4ccc(C(N)=O)cc4)C3=O)cc2)c1. The number of anilines is 2. The third-order valence-electron chi connectivity index (χ3n) is 6.84. The zero-order valence-electron chi connectivity index (χ0n) is 24.1. The van der Waals surface area contributed by atoms with E-state index >= 15 is 0 Å². The van der Waals surface area contributed by atoms with Crippen molar-refractivity contribution >= 4 is 58.7 Å². The first-order valence-electron chi connectivity index (χ1n) is 13.8. The van der Waals surface area contributed by atoms with Gasteiger partial charge in [0.15, 0.2) is 0 Å². The molecule has 0 aliphatic carbocycles. The number of ether oxygens (including phenoxy) is 1. The van der Waals surface area contributed by atoms with E-state index in [-0.39, 0.29) is 29.5 Å².